The molecule has 0 aromatic carbocycles. The topological polar surface area (TPSA) is 57.7 Å². The Labute approximate surface area is 120 Å². The first kappa shape index (κ1) is 13.3. The van der Waals surface area contributed by atoms with Gasteiger partial charge in [0.2, 0.25) is 0 Å². The maximum Gasteiger partial charge on any atom is 0.434 e. The summed E-state index contributed by atoms with van der Waals surface area (Å²) in [6.07, 6.45) is -1.32. The molecule has 0 aliphatic carbocycles. The molecule has 0 atom stereocenters. The third-order valence-electron chi connectivity index (χ3n) is 3.11. The van der Waals surface area contributed by atoms with Crippen LogP contribution >= 0.6 is 15.9 Å². The molecule has 20 heavy (non-hydrogen) atoms. The number of aromatic amines is 1. The van der Waals surface area contributed by atoms with E-state index in [0.717, 1.165) is 17.7 Å². The molecular weight excluding hydrogens is 339 g/mol. The SMILES string of the molecule is FC(F)(F)c1ncnc(N2CCc3nc[nH]c3C2)c1Br. The number of nitrogens with one attached hydrogen (secondary N) is 1. The average Bonchev–Trinajstić information content (AvgIpc) is 2.84. The van der Waals surface area contributed by atoms with E-state index in [4.69, 9.17) is 0 Å². The van der Waals surface area contributed by atoms with E-state index in [1.165, 1.54) is 0 Å². The number of nitrogens with zero attached hydrogens (tertiary/aromatic N) is 4. The van der Waals surface area contributed by atoms with Gasteiger partial charge in [-0.1, -0.05) is 0 Å². The molecule has 106 valence electrons. The number of hydrogen-bond donors (Lipinski definition) is 1. The van der Waals surface area contributed by atoms with Crippen molar-refractivity contribution in [2.75, 3.05) is 11.4 Å². The normalized spacial score (nSPS) is 15.3. The number of anilines is 1. The van der Waals surface area contributed by atoms with Gasteiger partial charge in [-0.15, -0.1) is 0 Å². The summed E-state index contributed by atoms with van der Waals surface area (Å²) in [5.74, 6) is 0.243. The van der Waals surface area contributed by atoms with Gasteiger partial charge in [0.25, 0.3) is 0 Å². The van der Waals surface area contributed by atoms with Crippen LogP contribution in [0.2, 0.25) is 0 Å². The summed E-state index contributed by atoms with van der Waals surface area (Å²) in [6.45, 7) is 1.01. The molecule has 1 N–H and O–H groups in total. The fraction of sp³-hybridized carbons (Fsp3) is 0.364. The molecule has 9 heteroatoms. The molecule has 0 spiro atoms. The van der Waals surface area contributed by atoms with Crippen molar-refractivity contribution < 1.29 is 13.2 Å². The van der Waals surface area contributed by atoms with E-state index in [0.29, 0.717) is 19.5 Å². The molecule has 0 amide bonds. The van der Waals surface area contributed by atoms with Gasteiger partial charge in [-0.25, -0.2) is 15.0 Å². The molecule has 0 saturated heterocycles. The maximum absolute atomic E-state index is 12.8. The minimum absolute atomic E-state index is 0.129. The van der Waals surface area contributed by atoms with Crippen molar-refractivity contribution in [3.63, 3.8) is 0 Å². The first-order valence-electron chi connectivity index (χ1n) is 5.80. The van der Waals surface area contributed by atoms with Gasteiger partial charge in [-0.05, 0) is 15.9 Å². The van der Waals surface area contributed by atoms with E-state index in [9.17, 15) is 13.2 Å². The van der Waals surface area contributed by atoms with E-state index >= 15 is 0 Å². The van der Waals surface area contributed by atoms with Gasteiger partial charge >= 0.3 is 6.18 Å². The minimum Gasteiger partial charge on any atom is -0.349 e. The Morgan fingerprint density at radius 3 is 2.80 bits per heavy atom. The highest BCUT2D eigenvalue weighted by Gasteiger charge is 2.37. The molecule has 2 aromatic rings. The van der Waals surface area contributed by atoms with Gasteiger partial charge in [-0.2, -0.15) is 13.2 Å². The fourth-order valence-corrected chi connectivity index (χ4v) is 2.85. The molecule has 1 aliphatic heterocycles. The van der Waals surface area contributed by atoms with Crippen molar-refractivity contribution in [3.8, 4) is 0 Å². The number of halogens is 4. The Bertz CT molecular complexity index is 639. The highest BCUT2D eigenvalue weighted by atomic mass is 79.9. The summed E-state index contributed by atoms with van der Waals surface area (Å²) < 4.78 is 38.4. The number of hydrogen-bond acceptors (Lipinski definition) is 4. The smallest absolute Gasteiger partial charge is 0.349 e. The average molecular weight is 348 g/mol. The van der Waals surface area contributed by atoms with Crippen LogP contribution in [0.25, 0.3) is 0 Å². The van der Waals surface area contributed by atoms with Crippen LogP contribution in [0, 0.1) is 0 Å². The first-order valence-corrected chi connectivity index (χ1v) is 6.60. The lowest BCUT2D eigenvalue weighted by molar-refractivity contribution is -0.141. The fourth-order valence-electron chi connectivity index (χ4n) is 2.17. The molecule has 5 nitrogen and oxygen atoms in total. The van der Waals surface area contributed by atoms with Crippen LogP contribution in [-0.2, 0) is 19.1 Å². The van der Waals surface area contributed by atoms with Gasteiger partial charge in [0.15, 0.2) is 5.69 Å². The predicted molar refractivity (Wildman–Crippen MR) is 68.1 cm³/mol. The van der Waals surface area contributed by atoms with Crippen LogP contribution in [0.5, 0.6) is 0 Å². The summed E-state index contributed by atoms with van der Waals surface area (Å²) in [5, 5.41) is 0. The third kappa shape index (κ3) is 2.26. The largest absolute Gasteiger partial charge is 0.434 e. The van der Waals surface area contributed by atoms with Crippen LogP contribution in [0.4, 0.5) is 19.0 Å². The van der Waals surface area contributed by atoms with Crippen molar-refractivity contribution in [2.45, 2.75) is 19.1 Å². The van der Waals surface area contributed by atoms with Crippen LogP contribution in [0.3, 0.4) is 0 Å². The molecule has 0 unspecified atom stereocenters. The van der Waals surface area contributed by atoms with Crippen LogP contribution in [-0.4, -0.2) is 26.5 Å². The van der Waals surface area contributed by atoms with Gasteiger partial charge in [-0.3, -0.25) is 0 Å². The molecule has 3 heterocycles. The van der Waals surface area contributed by atoms with E-state index in [-0.39, 0.29) is 10.3 Å². The molecule has 0 saturated carbocycles. The standard InChI is InChI=1S/C11H9BrF3N5/c12-8-9(11(13,14)15)18-5-19-10(8)20-2-1-6-7(3-20)17-4-16-6/h4-5H,1-3H2,(H,16,17). The Kier molecular flexibility index (Phi) is 3.15. The molecule has 3 rings (SSSR count). The lowest BCUT2D eigenvalue weighted by atomic mass is 10.1. The number of alkyl halides is 3. The van der Waals surface area contributed by atoms with Gasteiger partial charge < -0.3 is 9.88 Å². The van der Waals surface area contributed by atoms with Gasteiger partial charge in [0, 0.05) is 13.0 Å². The Morgan fingerprint density at radius 2 is 2.05 bits per heavy atom. The summed E-state index contributed by atoms with van der Waals surface area (Å²) >= 11 is 2.97. The number of fused-ring (bicyclic) bond motifs is 1. The van der Waals surface area contributed by atoms with E-state index in [2.05, 4.69) is 35.9 Å². The molecule has 1 aliphatic rings. The lowest BCUT2D eigenvalue weighted by Crippen LogP contribution is -2.32. The number of rotatable bonds is 1. The van der Waals surface area contributed by atoms with E-state index < -0.39 is 11.9 Å². The number of imidazole rings is 1. The Balaban J connectivity index is 1.96. The zero-order chi connectivity index (χ0) is 14.3. The summed E-state index contributed by atoms with van der Waals surface area (Å²) in [4.78, 5) is 16.2. The zero-order valence-electron chi connectivity index (χ0n) is 10.1. The van der Waals surface area contributed by atoms with Crippen molar-refractivity contribution in [2.24, 2.45) is 0 Å². The van der Waals surface area contributed by atoms with Crippen LogP contribution in [0.15, 0.2) is 17.1 Å². The molecule has 2 aromatic heterocycles. The monoisotopic (exact) mass is 347 g/mol. The Hall–Kier alpha value is -1.64. The summed E-state index contributed by atoms with van der Waals surface area (Å²) in [6, 6.07) is 0. The third-order valence-corrected chi connectivity index (χ3v) is 3.84. The lowest BCUT2D eigenvalue weighted by Gasteiger charge is -2.28. The number of H-pyrrole nitrogens is 1. The first-order chi connectivity index (χ1) is 9.47. The molecule has 0 fully saturated rings. The molecule has 0 bridgehead atoms. The molecular formula is C11H9BrF3N5. The number of aromatic nitrogens is 4. The van der Waals surface area contributed by atoms with Crippen molar-refractivity contribution >= 4 is 21.7 Å². The van der Waals surface area contributed by atoms with Crippen molar-refractivity contribution in [3.05, 3.63) is 34.2 Å². The zero-order valence-corrected chi connectivity index (χ0v) is 11.7. The highest BCUT2D eigenvalue weighted by Crippen LogP contribution is 2.37. The predicted octanol–water partition coefficient (Wildman–Crippen LogP) is 2.54. The quantitative estimate of drug-likeness (QED) is 0.861. The van der Waals surface area contributed by atoms with Crippen LogP contribution < -0.4 is 4.90 Å². The van der Waals surface area contributed by atoms with Crippen LogP contribution in [0.1, 0.15) is 17.1 Å². The molecule has 0 radical (unpaired) electrons. The highest BCUT2D eigenvalue weighted by molar-refractivity contribution is 9.10. The maximum atomic E-state index is 12.8. The second-order valence-corrected chi connectivity index (χ2v) is 5.15. The van der Waals surface area contributed by atoms with E-state index in [1.807, 2.05) is 0 Å². The minimum atomic E-state index is -4.51. The van der Waals surface area contributed by atoms with Crippen molar-refractivity contribution in [1.82, 2.24) is 19.9 Å². The second-order valence-electron chi connectivity index (χ2n) is 4.36. The van der Waals surface area contributed by atoms with Gasteiger partial charge in [0.05, 0.1) is 28.7 Å². The van der Waals surface area contributed by atoms with Crippen molar-refractivity contribution in [1.29, 1.82) is 0 Å². The van der Waals surface area contributed by atoms with Gasteiger partial charge in [0.1, 0.15) is 12.1 Å². The van der Waals surface area contributed by atoms with E-state index in [1.54, 1.807) is 11.2 Å². The Morgan fingerprint density at radius 1 is 1.25 bits per heavy atom. The summed E-state index contributed by atoms with van der Waals surface area (Å²) in [5.41, 5.74) is 0.885. The summed E-state index contributed by atoms with van der Waals surface area (Å²) in [7, 11) is 0. The second kappa shape index (κ2) is 4.72.